The van der Waals surface area contributed by atoms with Crippen molar-refractivity contribution < 1.29 is 14.3 Å². The molecule has 5 nitrogen and oxygen atoms in total. The Morgan fingerprint density at radius 2 is 1.90 bits per heavy atom. The summed E-state index contributed by atoms with van der Waals surface area (Å²) in [6.45, 7) is 4.56. The molecule has 0 aromatic carbocycles. The quantitative estimate of drug-likeness (QED) is 0.793. The average Bonchev–Trinajstić information content (AvgIpc) is 2.76. The van der Waals surface area contributed by atoms with E-state index in [2.05, 4.69) is 5.32 Å². The van der Waals surface area contributed by atoms with E-state index in [1.54, 1.807) is 0 Å². The van der Waals surface area contributed by atoms with E-state index in [0.29, 0.717) is 19.7 Å². The van der Waals surface area contributed by atoms with Gasteiger partial charge in [-0.05, 0) is 39.2 Å². The highest BCUT2D eigenvalue weighted by atomic mass is 16.5. The molecule has 1 N–H and O–H groups in total. The minimum atomic E-state index is -0.104. The Morgan fingerprint density at radius 3 is 2.60 bits per heavy atom. The van der Waals surface area contributed by atoms with E-state index >= 15 is 0 Å². The van der Waals surface area contributed by atoms with E-state index < -0.39 is 0 Å². The second kappa shape index (κ2) is 7.62. The van der Waals surface area contributed by atoms with Crippen molar-refractivity contribution in [3.8, 4) is 0 Å². The van der Waals surface area contributed by atoms with Crippen LogP contribution in [0.3, 0.4) is 0 Å². The van der Waals surface area contributed by atoms with Crippen molar-refractivity contribution in [2.24, 2.45) is 5.92 Å². The number of carbonyl (C=O) groups is 2. The fourth-order valence-corrected chi connectivity index (χ4v) is 3.06. The molecular formula is C15H26N2O3. The molecule has 20 heavy (non-hydrogen) atoms. The highest BCUT2D eigenvalue weighted by molar-refractivity contribution is 5.82. The molecule has 0 saturated carbocycles. The third kappa shape index (κ3) is 3.95. The van der Waals surface area contributed by atoms with Gasteiger partial charge in [-0.3, -0.25) is 9.59 Å². The first kappa shape index (κ1) is 15.3. The first-order valence-electron chi connectivity index (χ1n) is 7.91. The zero-order valence-electron chi connectivity index (χ0n) is 12.4. The van der Waals surface area contributed by atoms with Gasteiger partial charge in [0.15, 0.2) is 0 Å². The van der Waals surface area contributed by atoms with Crippen LogP contribution in [-0.2, 0) is 14.3 Å². The second-order valence-electron chi connectivity index (χ2n) is 5.71. The molecular weight excluding hydrogens is 256 g/mol. The number of nitrogens with zero attached hydrogens (tertiary/aromatic N) is 1. The zero-order chi connectivity index (χ0) is 14.4. The summed E-state index contributed by atoms with van der Waals surface area (Å²) in [5.74, 6) is 0.0856. The zero-order valence-corrected chi connectivity index (χ0v) is 12.4. The van der Waals surface area contributed by atoms with Crippen molar-refractivity contribution in [2.45, 2.75) is 51.5 Å². The van der Waals surface area contributed by atoms with Gasteiger partial charge < -0.3 is 15.0 Å². The molecule has 1 atom stereocenters. The van der Waals surface area contributed by atoms with Crippen molar-refractivity contribution >= 4 is 11.9 Å². The summed E-state index contributed by atoms with van der Waals surface area (Å²) < 4.78 is 5.06. The lowest BCUT2D eigenvalue weighted by Gasteiger charge is -2.33. The van der Waals surface area contributed by atoms with Crippen LogP contribution in [-0.4, -0.2) is 49.1 Å². The van der Waals surface area contributed by atoms with Gasteiger partial charge in [-0.15, -0.1) is 0 Å². The molecule has 0 aromatic heterocycles. The molecule has 2 aliphatic rings. The molecule has 2 rings (SSSR count). The lowest BCUT2D eigenvalue weighted by atomic mass is 9.96. The van der Waals surface area contributed by atoms with E-state index in [-0.39, 0.29) is 23.8 Å². The van der Waals surface area contributed by atoms with Gasteiger partial charge in [0.25, 0.3) is 0 Å². The monoisotopic (exact) mass is 282 g/mol. The van der Waals surface area contributed by atoms with Crippen LogP contribution >= 0.6 is 0 Å². The maximum absolute atomic E-state index is 12.5. The minimum Gasteiger partial charge on any atom is -0.466 e. The van der Waals surface area contributed by atoms with E-state index in [1.165, 1.54) is 6.42 Å². The van der Waals surface area contributed by atoms with Gasteiger partial charge in [-0.1, -0.05) is 12.8 Å². The molecule has 2 heterocycles. The number of nitrogens with one attached hydrogen (secondary N) is 1. The molecule has 1 unspecified atom stereocenters. The number of esters is 1. The Morgan fingerprint density at radius 1 is 1.15 bits per heavy atom. The maximum Gasteiger partial charge on any atom is 0.309 e. The largest absolute Gasteiger partial charge is 0.466 e. The predicted octanol–water partition coefficient (Wildman–Crippen LogP) is 1.32. The van der Waals surface area contributed by atoms with Gasteiger partial charge in [0.05, 0.1) is 18.6 Å². The number of amides is 1. The molecule has 2 aliphatic heterocycles. The van der Waals surface area contributed by atoms with Crippen LogP contribution in [0.15, 0.2) is 0 Å². The molecule has 0 aliphatic carbocycles. The Hall–Kier alpha value is -1.10. The number of rotatable bonds is 3. The SMILES string of the molecule is CCOC(=O)C1CCN(C(=O)C2CCCCCN2)CC1. The van der Waals surface area contributed by atoms with Gasteiger partial charge >= 0.3 is 5.97 Å². The van der Waals surface area contributed by atoms with Crippen LogP contribution in [0.4, 0.5) is 0 Å². The molecule has 2 fully saturated rings. The number of ether oxygens (including phenoxy) is 1. The summed E-state index contributed by atoms with van der Waals surface area (Å²) in [6.07, 6.45) is 5.91. The molecule has 0 aromatic rings. The summed E-state index contributed by atoms with van der Waals surface area (Å²) in [5, 5.41) is 3.35. The molecule has 1 amide bonds. The lowest BCUT2D eigenvalue weighted by molar-refractivity contribution is -0.151. The summed E-state index contributed by atoms with van der Waals surface area (Å²) in [5.41, 5.74) is 0. The third-order valence-electron chi connectivity index (χ3n) is 4.28. The molecule has 2 saturated heterocycles. The van der Waals surface area contributed by atoms with Crippen LogP contribution in [0.25, 0.3) is 0 Å². The predicted molar refractivity (Wildman–Crippen MR) is 76.2 cm³/mol. The van der Waals surface area contributed by atoms with E-state index in [1.807, 2.05) is 11.8 Å². The lowest BCUT2D eigenvalue weighted by Crippen LogP contribution is -2.49. The van der Waals surface area contributed by atoms with Crippen LogP contribution in [0.2, 0.25) is 0 Å². The standard InChI is InChI=1S/C15H26N2O3/c1-2-20-15(19)12-7-10-17(11-8-12)14(18)13-6-4-3-5-9-16-13/h12-13,16H,2-11H2,1H3. The number of piperidine rings is 1. The van der Waals surface area contributed by atoms with Gasteiger partial charge in [-0.2, -0.15) is 0 Å². The van der Waals surface area contributed by atoms with Crippen molar-refractivity contribution in [1.82, 2.24) is 10.2 Å². The fraction of sp³-hybridized carbons (Fsp3) is 0.867. The second-order valence-corrected chi connectivity index (χ2v) is 5.71. The third-order valence-corrected chi connectivity index (χ3v) is 4.28. The van der Waals surface area contributed by atoms with Crippen LogP contribution in [0, 0.1) is 5.92 Å². The van der Waals surface area contributed by atoms with Crippen molar-refractivity contribution in [3.63, 3.8) is 0 Å². The van der Waals surface area contributed by atoms with Crippen LogP contribution in [0.1, 0.15) is 45.4 Å². The molecule has 0 spiro atoms. The summed E-state index contributed by atoms with van der Waals surface area (Å²) >= 11 is 0. The summed E-state index contributed by atoms with van der Waals surface area (Å²) in [7, 11) is 0. The van der Waals surface area contributed by atoms with Crippen molar-refractivity contribution in [3.05, 3.63) is 0 Å². The smallest absolute Gasteiger partial charge is 0.309 e. The van der Waals surface area contributed by atoms with Gasteiger partial charge in [0.2, 0.25) is 5.91 Å². The van der Waals surface area contributed by atoms with Gasteiger partial charge in [0, 0.05) is 13.1 Å². The Labute approximate surface area is 121 Å². The number of carbonyl (C=O) groups excluding carboxylic acids is 2. The van der Waals surface area contributed by atoms with Crippen LogP contribution in [0.5, 0.6) is 0 Å². The number of likely N-dealkylation sites (tertiary alicyclic amines) is 1. The topological polar surface area (TPSA) is 58.6 Å². The van der Waals surface area contributed by atoms with E-state index in [4.69, 9.17) is 4.74 Å². The Balaban J connectivity index is 1.80. The Bertz CT molecular complexity index is 330. The highest BCUT2D eigenvalue weighted by Gasteiger charge is 2.31. The van der Waals surface area contributed by atoms with E-state index in [0.717, 1.165) is 38.6 Å². The molecule has 114 valence electrons. The van der Waals surface area contributed by atoms with Crippen LogP contribution < -0.4 is 5.32 Å². The summed E-state index contributed by atoms with van der Waals surface area (Å²) in [4.78, 5) is 26.1. The van der Waals surface area contributed by atoms with Gasteiger partial charge in [0.1, 0.15) is 0 Å². The fourth-order valence-electron chi connectivity index (χ4n) is 3.06. The molecule has 5 heteroatoms. The average molecular weight is 282 g/mol. The minimum absolute atomic E-state index is 0.0170. The van der Waals surface area contributed by atoms with Crippen molar-refractivity contribution in [1.29, 1.82) is 0 Å². The molecule has 0 radical (unpaired) electrons. The first-order valence-corrected chi connectivity index (χ1v) is 7.91. The number of hydrogen-bond donors (Lipinski definition) is 1. The highest BCUT2D eigenvalue weighted by Crippen LogP contribution is 2.20. The maximum atomic E-state index is 12.5. The molecule has 0 bridgehead atoms. The Kier molecular flexibility index (Phi) is 5.83. The summed E-state index contributed by atoms with van der Waals surface area (Å²) in [6, 6.07) is -0.0170. The number of hydrogen-bond acceptors (Lipinski definition) is 4. The first-order chi connectivity index (χ1) is 9.72. The van der Waals surface area contributed by atoms with Crippen molar-refractivity contribution in [2.75, 3.05) is 26.2 Å². The van der Waals surface area contributed by atoms with E-state index in [9.17, 15) is 9.59 Å². The van der Waals surface area contributed by atoms with Gasteiger partial charge in [-0.25, -0.2) is 0 Å². The normalized spacial score (nSPS) is 25.1.